The number of benzene rings is 2. The minimum atomic E-state index is -0.365. The maximum atomic E-state index is 13.4. The Labute approximate surface area is 111 Å². The number of carbonyl (C=O) groups is 1. The lowest BCUT2D eigenvalue weighted by Gasteiger charge is -2.09. The van der Waals surface area contributed by atoms with Crippen LogP contribution in [0.4, 0.5) is 10.1 Å². The maximum Gasteiger partial charge on any atom is 0.168 e. The molecule has 2 aromatic carbocycles. The van der Waals surface area contributed by atoms with Gasteiger partial charge in [0.25, 0.3) is 0 Å². The highest BCUT2D eigenvalue weighted by Gasteiger charge is 2.08. The molecule has 3 heteroatoms. The lowest BCUT2D eigenvalue weighted by atomic mass is 10.1. The Bertz CT molecular complexity index is 593. The summed E-state index contributed by atoms with van der Waals surface area (Å²) in [6.07, 6.45) is 0.137. The average molecular weight is 255 g/mol. The van der Waals surface area contributed by atoms with E-state index in [2.05, 4.69) is 11.9 Å². The molecule has 96 valence electrons. The zero-order valence-corrected chi connectivity index (χ0v) is 10.4. The molecule has 0 saturated heterocycles. The minimum absolute atomic E-state index is 0.0468. The van der Waals surface area contributed by atoms with E-state index in [4.69, 9.17) is 0 Å². The quantitative estimate of drug-likeness (QED) is 0.817. The third-order valence-electron chi connectivity index (χ3n) is 2.66. The van der Waals surface area contributed by atoms with Gasteiger partial charge in [-0.05, 0) is 12.1 Å². The van der Waals surface area contributed by atoms with Gasteiger partial charge in [0.1, 0.15) is 5.82 Å². The topological polar surface area (TPSA) is 29.1 Å². The van der Waals surface area contributed by atoms with E-state index >= 15 is 0 Å². The number of allylic oxidation sites excluding steroid dienone is 1. The van der Waals surface area contributed by atoms with Crippen LogP contribution in [-0.2, 0) is 0 Å². The van der Waals surface area contributed by atoms with Crippen LogP contribution in [0.2, 0.25) is 0 Å². The van der Waals surface area contributed by atoms with Gasteiger partial charge >= 0.3 is 0 Å². The summed E-state index contributed by atoms with van der Waals surface area (Å²) < 4.78 is 13.4. The molecule has 2 aromatic rings. The molecular formula is C16H14FNO. The summed E-state index contributed by atoms with van der Waals surface area (Å²) in [4.78, 5) is 11.9. The summed E-state index contributed by atoms with van der Waals surface area (Å²) in [6, 6.07) is 15.2. The Kier molecular flexibility index (Phi) is 4.08. The number of hydrogen-bond donors (Lipinski definition) is 1. The first-order valence-electron chi connectivity index (χ1n) is 5.94. The Balaban J connectivity index is 1.99. The molecule has 1 N–H and O–H groups in total. The maximum absolute atomic E-state index is 13.4. The molecule has 0 amide bonds. The van der Waals surface area contributed by atoms with Crippen molar-refractivity contribution >= 4 is 11.5 Å². The van der Waals surface area contributed by atoms with E-state index in [0.29, 0.717) is 16.9 Å². The van der Waals surface area contributed by atoms with Crippen LogP contribution < -0.4 is 5.32 Å². The molecule has 2 nitrogen and oxygen atoms in total. The summed E-state index contributed by atoms with van der Waals surface area (Å²) in [6.45, 7) is 3.76. The Morgan fingerprint density at radius 1 is 1.05 bits per heavy atom. The first kappa shape index (κ1) is 13.0. The monoisotopic (exact) mass is 255 g/mol. The normalized spacial score (nSPS) is 9.95. The van der Waals surface area contributed by atoms with Crippen LogP contribution in [0.25, 0.3) is 0 Å². The summed E-state index contributed by atoms with van der Waals surface area (Å²) in [5, 5.41) is 2.82. The van der Waals surface area contributed by atoms with Gasteiger partial charge in [-0.15, -0.1) is 0 Å². The molecule has 0 aliphatic heterocycles. The van der Waals surface area contributed by atoms with Gasteiger partial charge in [0.2, 0.25) is 0 Å². The Hall–Kier alpha value is -2.42. The molecule has 0 aliphatic carbocycles. The van der Waals surface area contributed by atoms with Crippen molar-refractivity contribution in [2.75, 3.05) is 5.32 Å². The Morgan fingerprint density at radius 3 is 2.37 bits per heavy atom. The molecule has 0 atom stereocenters. The fraction of sp³-hybridized carbons (Fsp3) is 0.0625. The van der Waals surface area contributed by atoms with Gasteiger partial charge in [0, 0.05) is 11.3 Å². The number of carbonyl (C=O) groups excluding carboxylic acids is 1. The number of ketones is 1. The number of halogens is 1. The van der Waals surface area contributed by atoms with Crippen LogP contribution in [0.3, 0.4) is 0 Å². The van der Waals surface area contributed by atoms with Gasteiger partial charge in [0.05, 0.1) is 12.1 Å². The van der Waals surface area contributed by atoms with Gasteiger partial charge in [0.15, 0.2) is 5.78 Å². The zero-order chi connectivity index (χ0) is 13.7. The average Bonchev–Trinajstić information content (AvgIpc) is 2.42. The van der Waals surface area contributed by atoms with Crippen molar-refractivity contribution in [2.45, 2.75) is 6.42 Å². The molecule has 0 aromatic heterocycles. The number of anilines is 1. The lowest BCUT2D eigenvalue weighted by Crippen LogP contribution is -2.07. The van der Waals surface area contributed by atoms with Crippen LogP contribution >= 0.6 is 0 Å². The third kappa shape index (κ3) is 3.52. The molecule has 0 aliphatic rings. The zero-order valence-electron chi connectivity index (χ0n) is 10.4. The first-order chi connectivity index (χ1) is 9.16. The SMILES string of the molecule is C=C(CC(=O)c1ccccc1)Nc1ccccc1F. The fourth-order valence-corrected chi connectivity index (χ4v) is 1.72. The number of hydrogen-bond acceptors (Lipinski definition) is 2. The van der Waals surface area contributed by atoms with Crippen molar-refractivity contribution in [1.82, 2.24) is 0 Å². The number of rotatable bonds is 5. The molecule has 0 fully saturated rings. The van der Waals surface area contributed by atoms with E-state index in [-0.39, 0.29) is 18.0 Å². The molecule has 19 heavy (non-hydrogen) atoms. The lowest BCUT2D eigenvalue weighted by molar-refractivity contribution is 0.0993. The van der Waals surface area contributed by atoms with Crippen molar-refractivity contribution in [3.63, 3.8) is 0 Å². The van der Waals surface area contributed by atoms with Crippen molar-refractivity contribution in [2.24, 2.45) is 0 Å². The molecule has 0 heterocycles. The van der Waals surface area contributed by atoms with Gasteiger partial charge in [-0.3, -0.25) is 4.79 Å². The minimum Gasteiger partial charge on any atom is -0.357 e. The van der Waals surface area contributed by atoms with E-state index in [1.165, 1.54) is 6.07 Å². The smallest absolute Gasteiger partial charge is 0.168 e. The van der Waals surface area contributed by atoms with Gasteiger partial charge in [-0.1, -0.05) is 49.0 Å². The van der Waals surface area contributed by atoms with Crippen LogP contribution in [-0.4, -0.2) is 5.78 Å². The van der Waals surface area contributed by atoms with Crippen LogP contribution in [0, 0.1) is 5.82 Å². The highest BCUT2D eigenvalue weighted by molar-refractivity contribution is 5.97. The molecule has 2 rings (SSSR count). The van der Waals surface area contributed by atoms with Gasteiger partial charge in [-0.25, -0.2) is 4.39 Å². The van der Waals surface area contributed by atoms with E-state index in [9.17, 15) is 9.18 Å². The van der Waals surface area contributed by atoms with E-state index in [1.807, 2.05) is 6.07 Å². The second kappa shape index (κ2) is 5.96. The summed E-state index contributed by atoms with van der Waals surface area (Å²) in [5.41, 5.74) is 1.42. The molecule has 0 spiro atoms. The second-order valence-electron chi connectivity index (χ2n) is 4.17. The van der Waals surface area contributed by atoms with E-state index in [1.54, 1.807) is 42.5 Å². The van der Waals surface area contributed by atoms with Crippen molar-refractivity contribution in [3.8, 4) is 0 Å². The van der Waals surface area contributed by atoms with Gasteiger partial charge in [-0.2, -0.15) is 0 Å². The van der Waals surface area contributed by atoms with Crippen molar-refractivity contribution in [1.29, 1.82) is 0 Å². The first-order valence-corrected chi connectivity index (χ1v) is 5.94. The molecular weight excluding hydrogens is 241 g/mol. The summed E-state index contributed by atoms with van der Waals surface area (Å²) in [5.74, 6) is -0.412. The van der Waals surface area contributed by atoms with Crippen LogP contribution in [0.1, 0.15) is 16.8 Å². The summed E-state index contributed by atoms with van der Waals surface area (Å²) >= 11 is 0. The standard InChI is InChI=1S/C16H14FNO/c1-12(18-15-10-6-5-9-14(15)17)11-16(19)13-7-3-2-4-8-13/h2-10,18H,1,11H2. The molecule has 0 unspecified atom stereocenters. The molecule has 0 bridgehead atoms. The highest BCUT2D eigenvalue weighted by Crippen LogP contribution is 2.16. The third-order valence-corrected chi connectivity index (χ3v) is 2.66. The summed E-state index contributed by atoms with van der Waals surface area (Å²) in [7, 11) is 0. The number of Topliss-reactive ketones (excluding diaryl/α,β-unsaturated/α-hetero) is 1. The van der Waals surface area contributed by atoms with Crippen molar-refractivity contribution in [3.05, 3.63) is 78.3 Å². The Morgan fingerprint density at radius 2 is 1.68 bits per heavy atom. The highest BCUT2D eigenvalue weighted by atomic mass is 19.1. The van der Waals surface area contributed by atoms with Gasteiger partial charge < -0.3 is 5.32 Å². The molecule has 0 radical (unpaired) electrons. The van der Waals surface area contributed by atoms with Crippen LogP contribution in [0.15, 0.2) is 66.9 Å². The molecule has 0 saturated carbocycles. The fourth-order valence-electron chi connectivity index (χ4n) is 1.72. The van der Waals surface area contributed by atoms with Crippen molar-refractivity contribution < 1.29 is 9.18 Å². The largest absolute Gasteiger partial charge is 0.357 e. The second-order valence-corrected chi connectivity index (χ2v) is 4.17. The predicted molar refractivity (Wildman–Crippen MR) is 74.6 cm³/mol. The number of para-hydroxylation sites is 1. The van der Waals surface area contributed by atoms with E-state index < -0.39 is 0 Å². The van der Waals surface area contributed by atoms with E-state index in [0.717, 1.165) is 0 Å². The number of nitrogens with one attached hydrogen (secondary N) is 1. The predicted octanol–water partition coefficient (Wildman–Crippen LogP) is 4.02. The van der Waals surface area contributed by atoms with Crippen LogP contribution in [0.5, 0.6) is 0 Å².